The van der Waals surface area contributed by atoms with Gasteiger partial charge in [-0.3, -0.25) is 14.4 Å². The Balaban J connectivity index is 2.21. The average Bonchev–Trinajstić information content (AvgIpc) is 2.61. The molecule has 0 aromatic heterocycles. The van der Waals surface area contributed by atoms with E-state index in [-0.39, 0.29) is 5.91 Å². The molecule has 1 aliphatic rings. The van der Waals surface area contributed by atoms with Crippen LogP contribution in [0.5, 0.6) is 0 Å². The highest BCUT2D eigenvalue weighted by Gasteiger charge is 2.29. The highest BCUT2D eigenvalue weighted by molar-refractivity contribution is 6.52. The van der Waals surface area contributed by atoms with Gasteiger partial charge >= 0.3 is 0 Å². The molecule has 0 atom stereocenters. The summed E-state index contributed by atoms with van der Waals surface area (Å²) in [6.45, 7) is 1.81. The van der Waals surface area contributed by atoms with Gasteiger partial charge in [0.15, 0.2) is 0 Å². The topological polar surface area (TPSA) is 75.3 Å². The molecule has 0 bridgehead atoms. The van der Waals surface area contributed by atoms with E-state index in [0.717, 1.165) is 0 Å². The lowest BCUT2D eigenvalue weighted by Crippen LogP contribution is -2.19. The van der Waals surface area contributed by atoms with Gasteiger partial charge < -0.3 is 10.6 Å². The molecule has 5 nitrogen and oxygen atoms in total. The van der Waals surface area contributed by atoms with Crippen LogP contribution in [0.2, 0.25) is 0 Å². The van der Waals surface area contributed by atoms with Gasteiger partial charge in [-0.2, -0.15) is 0 Å². The Bertz CT molecular complexity index is 561. The molecule has 0 spiro atoms. The van der Waals surface area contributed by atoms with Crippen LogP contribution in [0.4, 0.5) is 5.69 Å². The maximum Gasteiger partial charge on any atom is 0.296 e. The highest BCUT2D eigenvalue weighted by Crippen LogP contribution is 2.26. The van der Waals surface area contributed by atoms with Gasteiger partial charge in [0.25, 0.3) is 11.7 Å². The first kappa shape index (κ1) is 12.0. The van der Waals surface area contributed by atoms with Crippen LogP contribution < -0.4 is 10.6 Å². The maximum atomic E-state index is 11.6. The minimum absolute atomic E-state index is 0.120. The number of hydrogen-bond donors (Lipinski definition) is 2. The first-order valence-electron chi connectivity index (χ1n) is 5.49. The molecule has 2 rings (SSSR count). The zero-order chi connectivity index (χ0) is 13.1. The summed E-state index contributed by atoms with van der Waals surface area (Å²) in [5.41, 5.74) is 1.59. The first-order chi connectivity index (χ1) is 8.59. The number of anilines is 1. The second kappa shape index (κ2) is 4.83. The Kier molecular flexibility index (Phi) is 3.23. The molecule has 1 aromatic rings. The summed E-state index contributed by atoms with van der Waals surface area (Å²) >= 11 is 0. The zero-order valence-corrected chi connectivity index (χ0v) is 9.82. The molecular weight excluding hydrogens is 232 g/mol. The largest absolute Gasteiger partial charge is 0.353 e. The van der Waals surface area contributed by atoms with E-state index >= 15 is 0 Å². The third-order valence-electron chi connectivity index (χ3n) is 2.54. The number of carbonyl (C=O) groups excluding carboxylic acids is 3. The van der Waals surface area contributed by atoms with Crippen molar-refractivity contribution >= 4 is 29.4 Å². The van der Waals surface area contributed by atoms with Crippen LogP contribution >= 0.6 is 0 Å². The van der Waals surface area contributed by atoms with Crippen LogP contribution in [0.3, 0.4) is 0 Å². The van der Waals surface area contributed by atoms with E-state index in [4.69, 9.17) is 0 Å². The van der Waals surface area contributed by atoms with Gasteiger partial charge in [0.2, 0.25) is 5.91 Å². The fourth-order valence-electron chi connectivity index (χ4n) is 1.75. The van der Waals surface area contributed by atoms with Gasteiger partial charge in [-0.1, -0.05) is 24.3 Å². The van der Waals surface area contributed by atoms with E-state index in [9.17, 15) is 14.4 Å². The third kappa shape index (κ3) is 2.29. The Hall–Kier alpha value is -2.43. The minimum atomic E-state index is -0.604. The van der Waals surface area contributed by atoms with Gasteiger partial charge in [0.05, 0.1) is 11.3 Å². The Morgan fingerprint density at radius 2 is 2.17 bits per heavy atom. The van der Waals surface area contributed by atoms with Gasteiger partial charge in [-0.25, -0.2) is 0 Å². The molecule has 0 saturated heterocycles. The van der Waals surface area contributed by atoms with Gasteiger partial charge in [0, 0.05) is 13.5 Å². The van der Waals surface area contributed by atoms with Crippen molar-refractivity contribution in [1.82, 2.24) is 5.32 Å². The standard InChI is InChI=1S/C13H12N2O3/c1-8(16)14-7-3-5-9-4-2-6-10-11(9)12(17)13(18)15-10/h2-6H,7H2,1H3,(H,14,16)(H,15,17,18). The lowest BCUT2D eigenvalue weighted by Gasteiger charge is -2.01. The van der Waals surface area contributed by atoms with E-state index in [0.29, 0.717) is 23.4 Å². The van der Waals surface area contributed by atoms with Crippen molar-refractivity contribution in [2.75, 3.05) is 11.9 Å². The zero-order valence-electron chi connectivity index (χ0n) is 9.82. The molecular formula is C13H12N2O3. The molecule has 1 aliphatic heterocycles. The second-order valence-electron chi connectivity index (χ2n) is 3.89. The summed E-state index contributed by atoms with van der Waals surface area (Å²) in [6.07, 6.45) is 3.44. The summed E-state index contributed by atoms with van der Waals surface area (Å²) in [5.74, 6) is -1.25. The Labute approximate surface area is 104 Å². The number of rotatable bonds is 3. The summed E-state index contributed by atoms with van der Waals surface area (Å²) in [4.78, 5) is 33.6. The monoisotopic (exact) mass is 244 g/mol. The van der Waals surface area contributed by atoms with E-state index in [2.05, 4.69) is 10.6 Å². The predicted molar refractivity (Wildman–Crippen MR) is 67.1 cm³/mol. The molecule has 92 valence electrons. The molecule has 2 amide bonds. The molecule has 0 fully saturated rings. The summed E-state index contributed by atoms with van der Waals surface area (Å²) in [6, 6.07) is 5.19. The van der Waals surface area contributed by atoms with E-state index in [1.54, 1.807) is 30.4 Å². The van der Waals surface area contributed by atoms with Crippen LogP contribution in [-0.4, -0.2) is 24.1 Å². The lowest BCUT2D eigenvalue weighted by atomic mass is 10.0. The summed E-state index contributed by atoms with van der Waals surface area (Å²) < 4.78 is 0. The van der Waals surface area contributed by atoms with Crippen LogP contribution in [0.25, 0.3) is 6.08 Å². The number of amides is 2. The van der Waals surface area contributed by atoms with Crippen molar-refractivity contribution in [3.8, 4) is 0 Å². The van der Waals surface area contributed by atoms with Crippen LogP contribution in [0, 0.1) is 0 Å². The molecule has 0 radical (unpaired) electrons. The van der Waals surface area contributed by atoms with Crippen molar-refractivity contribution < 1.29 is 14.4 Å². The quantitative estimate of drug-likeness (QED) is 0.778. The number of fused-ring (bicyclic) bond motifs is 1. The molecule has 0 unspecified atom stereocenters. The summed E-state index contributed by atoms with van der Waals surface area (Å²) in [7, 11) is 0. The molecule has 0 aliphatic carbocycles. The molecule has 2 N–H and O–H groups in total. The molecule has 18 heavy (non-hydrogen) atoms. The number of benzene rings is 1. The van der Waals surface area contributed by atoms with Gasteiger partial charge in [0.1, 0.15) is 0 Å². The number of carbonyl (C=O) groups is 3. The number of ketones is 1. The highest BCUT2D eigenvalue weighted by atomic mass is 16.2. The van der Waals surface area contributed by atoms with Gasteiger partial charge in [-0.05, 0) is 11.6 Å². The molecule has 0 saturated carbocycles. The third-order valence-corrected chi connectivity index (χ3v) is 2.54. The van der Waals surface area contributed by atoms with Crippen LogP contribution in [0.1, 0.15) is 22.8 Å². The van der Waals surface area contributed by atoms with E-state index < -0.39 is 11.7 Å². The fourth-order valence-corrected chi connectivity index (χ4v) is 1.75. The molecule has 5 heteroatoms. The fraction of sp³-hybridized carbons (Fsp3) is 0.154. The Morgan fingerprint density at radius 3 is 2.89 bits per heavy atom. The van der Waals surface area contributed by atoms with Crippen molar-refractivity contribution in [2.24, 2.45) is 0 Å². The van der Waals surface area contributed by atoms with Gasteiger partial charge in [-0.15, -0.1) is 0 Å². The predicted octanol–water partition coefficient (Wildman–Crippen LogP) is 0.971. The smallest absolute Gasteiger partial charge is 0.296 e. The lowest BCUT2D eigenvalue weighted by molar-refractivity contribution is -0.118. The van der Waals surface area contributed by atoms with Crippen LogP contribution in [0.15, 0.2) is 24.3 Å². The summed E-state index contributed by atoms with van der Waals surface area (Å²) in [5, 5.41) is 5.11. The van der Waals surface area contributed by atoms with Crippen molar-refractivity contribution in [2.45, 2.75) is 6.92 Å². The van der Waals surface area contributed by atoms with Crippen molar-refractivity contribution in [3.05, 3.63) is 35.4 Å². The molecule has 1 heterocycles. The van der Waals surface area contributed by atoms with Crippen molar-refractivity contribution in [1.29, 1.82) is 0 Å². The van der Waals surface area contributed by atoms with E-state index in [1.165, 1.54) is 6.92 Å². The number of nitrogens with one attached hydrogen (secondary N) is 2. The molecule has 1 aromatic carbocycles. The maximum absolute atomic E-state index is 11.6. The normalized spacial score (nSPS) is 13.6. The second-order valence-corrected chi connectivity index (χ2v) is 3.89. The number of hydrogen-bond acceptors (Lipinski definition) is 3. The SMILES string of the molecule is CC(=O)NCC=Cc1cccc2c1C(=O)C(=O)N2. The number of Topliss-reactive ketones (excluding diaryl/α,β-unsaturated/α-hetero) is 1. The van der Waals surface area contributed by atoms with E-state index in [1.807, 2.05) is 0 Å². The van der Waals surface area contributed by atoms with Crippen LogP contribution in [-0.2, 0) is 9.59 Å². The minimum Gasteiger partial charge on any atom is -0.353 e. The van der Waals surface area contributed by atoms with Crippen molar-refractivity contribution in [3.63, 3.8) is 0 Å². The first-order valence-corrected chi connectivity index (χ1v) is 5.49. The average molecular weight is 244 g/mol. The Morgan fingerprint density at radius 1 is 1.39 bits per heavy atom.